The first-order valence-corrected chi connectivity index (χ1v) is 17.4. The van der Waals surface area contributed by atoms with Gasteiger partial charge in [-0.25, -0.2) is 19.3 Å². The number of nitrogens with zero attached hydrogens (tertiary/aromatic N) is 7. The van der Waals surface area contributed by atoms with Crippen molar-refractivity contribution in [3.8, 4) is 11.1 Å². The third kappa shape index (κ3) is 6.43. The van der Waals surface area contributed by atoms with Gasteiger partial charge in [0.2, 0.25) is 17.7 Å². The summed E-state index contributed by atoms with van der Waals surface area (Å²) >= 11 is 3.16. The average Bonchev–Trinajstić information content (AvgIpc) is 3.45. The summed E-state index contributed by atoms with van der Waals surface area (Å²) in [6.07, 6.45) is 10.8. The van der Waals surface area contributed by atoms with Gasteiger partial charge in [0.15, 0.2) is 5.78 Å². The van der Waals surface area contributed by atoms with E-state index in [1.165, 1.54) is 13.0 Å². The monoisotopic (exact) mass is 742 g/mol. The van der Waals surface area contributed by atoms with Gasteiger partial charge in [-0.15, -0.1) is 0 Å². The molecule has 258 valence electrons. The number of hydrogen-bond acceptors (Lipinski definition) is 8. The van der Waals surface area contributed by atoms with Crippen molar-refractivity contribution in [3.05, 3.63) is 76.3 Å². The molecule has 2 fully saturated rings. The van der Waals surface area contributed by atoms with E-state index in [9.17, 15) is 23.6 Å². The molecule has 3 aliphatic rings. The lowest BCUT2D eigenvalue weighted by molar-refractivity contribution is -0.138. The van der Waals surface area contributed by atoms with Crippen LogP contribution in [-0.4, -0.2) is 83.7 Å². The molecule has 4 aromatic rings. The summed E-state index contributed by atoms with van der Waals surface area (Å²) in [4.78, 5) is 70.6. The maximum atomic E-state index is 14.4. The second-order valence-electron chi connectivity index (χ2n) is 13.5. The Labute approximate surface area is 296 Å². The lowest BCUT2D eigenvalue weighted by atomic mass is 9.98. The highest BCUT2D eigenvalue weighted by Crippen LogP contribution is 2.60. The van der Waals surface area contributed by atoms with Gasteiger partial charge in [0.05, 0.1) is 5.52 Å². The zero-order chi connectivity index (χ0) is 35.3. The van der Waals surface area contributed by atoms with Gasteiger partial charge in [-0.2, -0.15) is 5.10 Å². The molecule has 2 bridgehead atoms. The molecule has 3 aromatic heterocycles. The average molecular weight is 744 g/mol. The summed E-state index contributed by atoms with van der Waals surface area (Å²) in [5.74, 6) is -1.01. The molecule has 1 saturated heterocycles. The van der Waals surface area contributed by atoms with Crippen LogP contribution in [0.1, 0.15) is 60.9 Å². The zero-order valence-corrected chi connectivity index (χ0v) is 29.5. The fourth-order valence-corrected chi connectivity index (χ4v) is 7.89. The molecule has 3 atom stereocenters. The summed E-state index contributed by atoms with van der Waals surface area (Å²) in [7, 11) is 1.77. The summed E-state index contributed by atoms with van der Waals surface area (Å²) in [5, 5.41) is 7.99. The number of carbonyl (C=O) groups is 4. The highest BCUT2D eigenvalue weighted by atomic mass is 79.9. The van der Waals surface area contributed by atoms with Crippen molar-refractivity contribution < 1.29 is 23.6 Å². The van der Waals surface area contributed by atoms with Gasteiger partial charge in [-0.1, -0.05) is 12.2 Å². The summed E-state index contributed by atoms with van der Waals surface area (Å²) in [6, 6.07) is 5.00. The molecule has 1 aromatic carbocycles. The van der Waals surface area contributed by atoms with E-state index in [-0.39, 0.29) is 46.3 Å². The van der Waals surface area contributed by atoms with Crippen LogP contribution in [0, 0.1) is 18.2 Å². The zero-order valence-electron chi connectivity index (χ0n) is 27.9. The molecule has 5 heterocycles. The predicted molar refractivity (Wildman–Crippen MR) is 186 cm³/mol. The Hall–Kier alpha value is -4.85. The van der Waals surface area contributed by atoms with Crippen molar-refractivity contribution in [1.29, 1.82) is 0 Å². The van der Waals surface area contributed by atoms with Crippen molar-refractivity contribution >= 4 is 56.2 Å². The van der Waals surface area contributed by atoms with Gasteiger partial charge < -0.3 is 15.1 Å². The van der Waals surface area contributed by atoms with Crippen LogP contribution < -0.4 is 5.32 Å². The molecule has 14 heteroatoms. The minimum absolute atomic E-state index is 0.00829. The molecule has 2 aliphatic heterocycles. The van der Waals surface area contributed by atoms with Gasteiger partial charge in [0.25, 0.3) is 0 Å². The number of nitrogens with one attached hydrogen (secondary N) is 1. The lowest BCUT2D eigenvalue weighted by Crippen LogP contribution is -2.46. The third-order valence-electron chi connectivity index (χ3n) is 9.92. The number of aromatic nitrogens is 5. The molecule has 7 rings (SSSR count). The number of benzene rings is 1. The molecule has 50 heavy (non-hydrogen) atoms. The van der Waals surface area contributed by atoms with Gasteiger partial charge in [-0.05, 0) is 78.2 Å². The van der Waals surface area contributed by atoms with Crippen LogP contribution in [0.25, 0.3) is 22.0 Å². The second kappa shape index (κ2) is 13.1. The normalized spacial score (nSPS) is 23.1. The van der Waals surface area contributed by atoms with Gasteiger partial charge in [-0.3, -0.25) is 23.9 Å². The van der Waals surface area contributed by atoms with E-state index >= 15 is 0 Å². The summed E-state index contributed by atoms with van der Waals surface area (Å²) in [5.41, 5.74) is 2.87. The molecule has 0 spiro atoms. The number of allylic oxidation sites excluding steroid dienone is 2. The first-order valence-electron chi connectivity index (χ1n) is 16.6. The van der Waals surface area contributed by atoms with Crippen LogP contribution in [0.4, 0.5) is 10.2 Å². The van der Waals surface area contributed by atoms with Crippen LogP contribution >= 0.6 is 15.9 Å². The number of ketones is 1. The van der Waals surface area contributed by atoms with Crippen molar-refractivity contribution in [2.24, 2.45) is 5.41 Å². The van der Waals surface area contributed by atoms with Gasteiger partial charge >= 0.3 is 0 Å². The van der Waals surface area contributed by atoms with Crippen LogP contribution in [0.2, 0.25) is 0 Å². The predicted octanol–water partition coefficient (Wildman–Crippen LogP) is 5.04. The Morgan fingerprint density at radius 2 is 1.82 bits per heavy atom. The Kier molecular flexibility index (Phi) is 8.83. The molecule has 1 aliphatic carbocycles. The molecule has 12 nitrogen and oxygen atoms in total. The number of rotatable bonds is 4. The second-order valence-corrected chi connectivity index (χ2v) is 14.3. The lowest BCUT2D eigenvalue weighted by Gasteiger charge is -2.27. The van der Waals surface area contributed by atoms with Crippen molar-refractivity contribution in [3.63, 3.8) is 0 Å². The SMILES string of the molecule is CC(=O)c1nn2c3c(cc(-c4cnc(C)nc4)cc13)C/C=C/CCCC(=O)N(C)C[C@@]13C[C@@H](C(=O)Nc4cc(F)cc(Br)n4)N(C(=O)C2)[C@@H]1C3. The van der Waals surface area contributed by atoms with E-state index < -0.39 is 23.2 Å². The van der Waals surface area contributed by atoms with E-state index in [4.69, 9.17) is 0 Å². The van der Waals surface area contributed by atoms with E-state index in [2.05, 4.69) is 47.4 Å². The maximum Gasteiger partial charge on any atom is 0.248 e. The minimum atomic E-state index is -0.892. The Balaban J connectivity index is 1.31. The topological polar surface area (TPSA) is 143 Å². The first kappa shape index (κ1) is 33.6. The van der Waals surface area contributed by atoms with E-state index in [0.717, 1.165) is 22.8 Å². The number of amides is 3. The first-order chi connectivity index (χ1) is 23.9. The van der Waals surface area contributed by atoms with Crippen molar-refractivity contribution in [2.75, 3.05) is 18.9 Å². The molecule has 1 N–H and O–H groups in total. The number of aryl methyl sites for hydroxylation is 1. The fourth-order valence-electron chi connectivity index (χ4n) is 7.48. The standard InChI is InChI=1S/C36H36BrFN8O4/c1-20(47)33-26-11-23(24-16-39-21(2)40-17-24)10-22-8-6-4-5-7-9-31(48)44(3)19-36-14-27(35(50)42-30-13-25(38)12-29(37)41-30)46(28(36)15-36)32(49)18-45(43-33)34(22)26/h4,6,10-13,16-17,27-28H,5,7-9,14-15,18-19H2,1-3H3,(H,41,42,50)/b6-4+/t27-,28+,36-/m0/s1. The highest BCUT2D eigenvalue weighted by molar-refractivity contribution is 9.10. The van der Waals surface area contributed by atoms with Crippen LogP contribution in [-0.2, 0) is 27.3 Å². The summed E-state index contributed by atoms with van der Waals surface area (Å²) in [6.45, 7) is 3.44. The van der Waals surface area contributed by atoms with E-state index in [1.54, 1.807) is 33.9 Å². The van der Waals surface area contributed by atoms with E-state index in [0.29, 0.717) is 61.8 Å². The molecular formula is C36H36BrFN8O4. The number of piperidine rings is 1. The third-order valence-corrected chi connectivity index (χ3v) is 10.3. The Morgan fingerprint density at radius 1 is 1.04 bits per heavy atom. The van der Waals surface area contributed by atoms with Crippen LogP contribution in [0.15, 0.2) is 53.4 Å². The Bertz CT molecular complexity index is 2060. The molecule has 0 unspecified atom stereocenters. The molecule has 1 saturated carbocycles. The fraction of sp³-hybridized carbons (Fsp3) is 0.389. The number of halogens is 2. The minimum Gasteiger partial charge on any atom is -0.345 e. The number of hydrogen-bond donors (Lipinski definition) is 1. The number of anilines is 1. The largest absolute Gasteiger partial charge is 0.345 e. The number of pyridine rings is 1. The quantitative estimate of drug-likeness (QED) is 0.174. The number of carbonyl (C=O) groups excluding carboxylic acids is 4. The van der Waals surface area contributed by atoms with Gasteiger partial charge in [0, 0.05) is 73.9 Å². The molecule has 0 radical (unpaired) electrons. The smallest absolute Gasteiger partial charge is 0.248 e. The van der Waals surface area contributed by atoms with Gasteiger partial charge in [0.1, 0.15) is 40.3 Å². The highest BCUT2D eigenvalue weighted by Gasteiger charge is 2.67. The Morgan fingerprint density at radius 3 is 2.56 bits per heavy atom. The van der Waals surface area contributed by atoms with Crippen LogP contribution in [0.5, 0.6) is 0 Å². The van der Waals surface area contributed by atoms with Crippen molar-refractivity contribution in [2.45, 2.75) is 71.0 Å². The number of Topliss-reactive ketones (excluding diaryl/α,β-unsaturated/α-hetero) is 1. The molecular weight excluding hydrogens is 707 g/mol. The van der Waals surface area contributed by atoms with Crippen molar-refractivity contribution in [1.82, 2.24) is 34.5 Å². The van der Waals surface area contributed by atoms with E-state index in [1.807, 2.05) is 25.1 Å². The molecule has 3 amide bonds. The maximum absolute atomic E-state index is 14.4. The summed E-state index contributed by atoms with van der Waals surface area (Å²) < 4.78 is 16.0. The van der Waals surface area contributed by atoms with Crippen LogP contribution in [0.3, 0.4) is 0 Å².